The minimum absolute atomic E-state index is 0.410. The van der Waals surface area contributed by atoms with Gasteiger partial charge >= 0.3 is 0 Å². The Hall–Kier alpha value is -1.49. The van der Waals surface area contributed by atoms with Crippen molar-refractivity contribution in [1.29, 1.82) is 0 Å². The maximum Gasteiger partial charge on any atom is 0.189 e. The van der Waals surface area contributed by atoms with Gasteiger partial charge in [0.2, 0.25) is 0 Å². The Kier molecular flexibility index (Phi) is 4.85. The third kappa shape index (κ3) is 4.28. The molecule has 3 nitrogen and oxygen atoms in total. The van der Waals surface area contributed by atoms with Crippen LogP contribution in [0, 0.1) is 0 Å². The van der Waals surface area contributed by atoms with Crippen molar-refractivity contribution >= 4 is 51.9 Å². The van der Waals surface area contributed by atoms with Crippen LogP contribution in [-0.4, -0.2) is 5.11 Å². The molecule has 0 aromatic heterocycles. The van der Waals surface area contributed by atoms with Gasteiger partial charge in [-0.25, -0.2) is 0 Å². The number of para-hydroxylation sites is 1. The molecule has 0 aliphatic rings. The average molecular weight is 312 g/mol. The average Bonchev–Trinajstić information content (AvgIpc) is 2.41. The Bertz CT molecular complexity index is 575. The van der Waals surface area contributed by atoms with Crippen LogP contribution in [0.2, 0.25) is 10.0 Å². The standard InChI is InChI=1S/C13H11Cl2N3S/c14-9-6-7-12(11(15)8-9)16-13(19)18-17-10-4-2-1-3-5-10/h1-8,17H,(H2,16,18,19). The summed E-state index contributed by atoms with van der Waals surface area (Å²) in [6, 6.07) is 14.8. The van der Waals surface area contributed by atoms with E-state index in [-0.39, 0.29) is 0 Å². The molecule has 3 N–H and O–H groups in total. The van der Waals surface area contributed by atoms with E-state index in [1.807, 2.05) is 30.3 Å². The molecule has 6 heteroatoms. The largest absolute Gasteiger partial charge is 0.330 e. The molecule has 0 aliphatic heterocycles. The SMILES string of the molecule is S=C(NNc1ccccc1)Nc1ccc(Cl)cc1Cl. The van der Waals surface area contributed by atoms with Gasteiger partial charge < -0.3 is 5.32 Å². The summed E-state index contributed by atoms with van der Waals surface area (Å²) in [4.78, 5) is 0. The second kappa shape index (κ2) is 6.61. The number of hydrogen-bond donors (Lipinski definition) is 3. The number of thiocarbonyl (C=S) groups is 1. The lowest BCUT2D eigenvalue weighted by Crippen LogP contribution is -2.33. The fraction of sp³-hybridized carbons (Fsp3) is 0. The van der Waals surface area contributed by atoms with Crippen LogP contribution < -0.4 is 16.2 Å². The molecule has 0 radical (unpaired) electrons. The van der Waals surface area contributed by atoms with E-state index < -0.39 is 0 Å². The molecule has 0 heterocycles. The summed E-state index contributed by atoms with van der Waals surface area (Å²) in [6.45, 7) is 0. The minimum atomic E-state index is 0.410. The van der Waals surface area contributed by atoms with E-state index in [1.54, 1.807) is 18.2 Å². The zero-order valence-electron chi connectivity index (χ0n) is 9.78. The van der Waals surface area contributed by atoms with Gasteiger partial charge in [-0.1, -0.05) is 41.4 Å². The molecule has 0 saturated carbocycles. The van der Waals surface area contributed by atoms with Crippen molar-refractivity contribution in [2.24, 2.45) is 0 Å². The van der Waals surface area contributed by atoms with Gasteiger partial charge in [-0.05, 0) is 42.5 Å². The molecule has 2 rings (SSSR count). The fourth-order valence-corrected chi connectivity index (χ4v) is 2.01. The molecule has 0 amide bonds. The van der Waals surface area contributed by atoms with Crippen molar-refractivity contribution in [3.05, 3.63) is 58.6 Å². The van der Waals surface area contributed by atoms with Gasteiger partial charge in [-0.3, -0.25) is 10.9 Å². The summed E-state index contributed by atoms with van der Waals surface area (Å²) in [7, 11) is 0. The number of anilines is 2. The fourth-order valence-electron chi connectivity index (χ4n) is 1.39. The molecule has 0 atom stereocenters. The van der Waals surface area contributed by atoms with Gasteiger partial charge in [0.1, 0.15) is 0 Å². The molecule has 19 heavy (non-hydrogen) atoms. The van der Waals surface area contributed by atoms with E-state index in [0.717, 1.165) is 5.69 Å². The number of benzene rings is 2. The molecule has 0 saturated heterocycles. The minimum Gasteiger partial charge on any atom is -0.330 e. The molecule has 0 aliphatic carbocycles. The molecule has 98 valence electrons. The summed E-state index contributed by atoms with van der Waals surface area (Å²) in [6.07, 6.45) is 0. The van der Waals surface area contributed by atoms with Crippen LogP contribution in [0.15, 0.2) is 48.5 Å². The highest BCUT2D eigenvalue weighted by Crippen LogP contribution is 2.25. The molecular formula is C13H11Cl2N3S. The summed E-state index contributed by atoms with van der Waals surface area (Å²) in [5, 5.41) is 4.48. The van der Waals surface area contributed by atoms with Gasteiger partial charge in [-0.2, -0.15) is 0 Å². The highest BCUT2D eigenvalue weighted by molar-refractivity contribution is 7.80. The second-order valence-corrected chi connectivity index (χ2v) is 4.95. The van der Waals surface area contributed by atoms with Crippen LogP contribution in [0.25, 0.3) is 0 Å². The van der Waals surface area contributed by atoms with Gasteiger partial charge in [0, 0.05) is 5.02 Å². The zero-order valence-corrected chi connectivity index (χ0v) is 12.1. The Balaban J connectivity index is 1.91. The van der Waals surface area contributed by atoms with Crippen molar-refractivity contribution in [2.75, 3.05) is 10.7 Å². The lowest BCUT2D eigenvalue weighted by molar-refractivity contribution is 1.14. The van der Waals surface area contributed by atoms with Gasteiger partial charge in [0.05, 0.1) is 16.4 Å². The second-order valence-electron chi connectivity index (χ2n) is 3.69. The maximum absolute atomic E-state index is 6.04. The molecule has 0 unspecified atom stereocenters. The van der Waals surface area contributed by atoms with Crippen molar-refractivity contribution < 1.29 is 0 Å². The zero-order chi connectivity index (χ0) is 13.7. The lowest BCUT2D eigenvalue weighted by Gasteiger charge is -2.13. The number of nitrogens with one attached hydrogen (secondary N) is 3. The molecule has 2 aromatic rings. The lowest BCUT2D eigenvalue weighted by atomic mass is 10.3. The Labute approximate surface area is 126 Å². The summed E-state index contributed by atoms with van der Waals surface area (Å²) >= 11 is 17.0. The van der Waals surface area contributed by atoms with Gasteiger partial charge in [-0.15, -0.1) is 0 Å². The number of hydrogen-bond acceptors (Lipinski definition) is 2. The highest BCUT2D eigenvalue weighted by Gasteiger charge is 2.03. The first-order valence-electron chi connectivity index (χ1n) is 5.48. The van der Waals surface area contributed by atoms with E-state index >= 15 is 0 Å². The molecule has 0 spiro atoms. The van der Waals surface area contributed by atoms with Crippen LogP contribution in [-0.2, 0) is 0 Å². The van der Waals surface area contributed by atoms with E-state index in [0.29, 0.717) is 20.8 Å². The van der Waals surface area contributed by atoms with E-state index in [9.17, 15) is 0 Å². The summed E-state index contributed by atoms with van der Waals surface area (Å²) in [5.41, 5.74) is 7.44. The van der Waals surface area contributed by atoms with Crippen LogP contribution in [0.1, 0.15) is 0 Å². The van der Waals surface area contributed by atoms with E-state index in [2.05, 4.69) is 16.2 Å². The first-order chi connectivity index (χ1) is 9.15. The third-order valence-electron chi connectivity index (χ3n) is 2.27. The van der Waals surface area contributed by atoms with Crippen molar-refractivity contribution in [1.82, 2.24) is 5.43 Å². The van der Waals surface area contributed by atoms with Crippen LogP contribution in [0.3, 0.4) is 0 Å². The molecule has 0 bridgehead atoms. The first kappa shape index (κ1) is 13.9. The van der Waals surface area contributed by atoms with Gasteiger partial charge in [0.25, 0.3) is 0 Å². The number of hydrazine groups is 1. The summed E-state index contributed by atoms with van der Waals surface area (Å²) < 4.78 is 0. The topological polar surface area (TPSA) is 36.1 Å². The van der Waals surface area contributed by atoms with Gasteiger partial charge in [0.15, 0.2) is 5.11 Å². The Morgan fingerprint density at radius 2 is 1.74 bits per heavy atom. The predicted molar refractivity (Wildman–Crippen MR) is 85.9 cm³/mol. The van der Waals surface area contributed by atoms with Crippen molar-refractivity contribution in [3.63, 3.8) is 0 Å². The van der Waals surface area contributed by atoms with E-state index in [1.165, 1.54) is 0 Å². The smallest absolute Gasteiger partial charge is 0.189 e. The van der Waals surface area contributed by atoms with Crippen LogP contribution in [0.5, 0.6) is 0 Å². The summed E-state index contributed by atoms with van der Waals surface area (Å²) in [5.74, 6) is 0. The highest BCUT2D eigenvalue weighted by atomic mass is 35.5. The Morgan fingerprint density at radius 1 is 1.00 bits per heavy atom. The first-order valence-corrected chi connectivity index (χ1v) is 6.64. The molecule has 0 fully saturated rings. The third-order valence-corrected chi connectivity index (χ3v) is 3.03. The monoisotopic (exact) mass is 311 g/mol. The molecule has 2 aromatic carbocycles. The molecular weight excluding hydrogens is 301 g/mol. The quantitative estimate of drug-likeness (QED) is 0.583. The van der Waals surface area contributed by atoms with Crippen molar-refractivity contribution in [3.8, 4) is 0 Å². The van der Waals surface area contributed by atoms with Crippen LogP contribution >= 0.6 is 35.4 Å². The number of rotatable bonds is 3. The van der Waals surface area contributed by atoms with E-state index in [4.69, 9.17) is 35.4 Å². The Morgan fingerprint density at radius 3 is 2.42 bits per heavy atom. The number of halogens is 2. The maximum atomic E-state index is 6.04. The normalized spacial score (nSPS) is 9.79. The predicted octanol–water partition coefficient (Wildman–Crippen LogP) is 4.31. The van der Waals surface area contributed by atoms with Crippen molar-refractivity contribution in [2.45, 2.75) is 0 Å². The van der Waals surface area contributed by atoms with Crippen LogP contribution in [0.4, 0.5) is 11.4 Å².